The molecule has 3 N–H and O–H groups in total. The van der Waals surface area contributed by atoms with Crippen molar-refractivity contribution >= 4 is 17.5 Å². The van der Waals surface area contributed by atoms with Crippen molar-refractivity contribution < 1.29 is 18.4 Å². The van der Waals surface area contributed by atoms with Crippen LogP contribution < -0.4 is 16.2 Å². The predicted molar refractivity (Wildman–Crippen MR) is 128 cm³/mol. The fraction of sp³-hybridized carbons (Fsp3) is 0.458. The van der Waals surface area contributed by atoms with E-state index in [0.29, 0.717) is 11.3 Å². The van der Waals surface area contributed by atoms with Gasteiger partial charge in [-0.05, 0) is 44.7 Å². The summed E-state index contributed by atoms with van der Waals surface area (Å²) in [4.78, 5) is 40.9. The number of alkyl halides is 2. The fourth-order valence-corrected chi connectivity index (χ4v) is 4.40. The highest BCUT2D eigenvalue weighted by atomic mass is 19.3. The Morgan fingerprint density at radius 2 is 1.97 bits per heavy atom. The zero-order valence-corrected chi connectivity index (χ0v) is 20.1. The summed E-state index contributed by atoms with van der Waals surface area (Å²) in [5, 5.41) is 13.8. The number of nitrogens with zero attached hydrogens (tertiary/aromatic N) is 4. The highest BCUT2D eigenvalue weighted by Crippen LogP contribution is 2.37. The molecule has 1 saturated carbocycles. The van der Waals surface area contributed by atoms with E-state index in [1.807, 2.05) is 13.8 Å². The van der Waals surface area contributed by atoms with Crippen molar-refractivity contribution in [2.75, 3.05) is 5.32 Å². The normalized spacial score (nSPS) is 16.6. The molecule has 3 aromatic heterocycles. The summed E-state index contributed by atoms with van der Waals surface area (Å²) in [5.74, 6) is -4.25. The van der Waals surface area contributed by atoms with Crippen LogP contribution in [0.2, 0.25) is 0 Å². The number of anilines is 1. The third-order valence-corrected chi connectivity index (χ3v) is 6.33. The maximum Gasteiger partial charge on any atom is 0.270 e. The number of hydrogen-bond acceptors (Lipinski definition) is 5. The first kappa shape index (κ1) is 25.3. The SMILES string of the molecule is CC(C)n1nccc1C(=O)NC(C(=O)Nc1cnn(Cc2ccc[nH]c2=O)c1)C1CCC(F)(F)CC1. The Hall–Kier alpha value is -3.83. The summed E-state index contributed by atoms with van der Waals surface area (Å²) in [6.07, 6.45) is 5.54. The van der Waals surface area contributed by atoms with Gasteiger partial charge in [-0.3, -0.25) is 23.7 Å². The number of aromatic amines is 1. The average molecular weight is 502 g/mol. The topological polar surface area (TPSA) is 127 Å². The van der Waals surface area contributed by atoms with Crippen molar-refractivity contribution in [3.63, 3.8) is 0 Å². The van der Waals surface area contributed by atoms with Crippen molar-refractivity contribution in [1.82, 2.24) is 29.9 Å². The van der Waals surface area contributed by atoms with Crippen LogP contribution in [0.5, 0.6) is 0 Å². The van der Waals surface area contributed by atoms with Gasteiger partial charge in [0.1, 0.15) is 11.7 Å². The largest absolute Gasteiger partial charge is 0.339 e. The van der Waals surface area contributed by atoms with Crippen LogP contribution in [0.15, 0.2) is 47.8 Å². The molecule has 0 aromatic carbocycles. The molecule has 36 heavy (non-hydrogen) atoms. The summed E-state index contributed by atoms with van der Waals surface area (Å²) in [6.45, 7) is 3.94. The third-order valence-electron chi connectivity index (χ3n) is 6.33. The standard InChI is InChI=1S/C24H29F2N7O3/c1-15(2)33-19(7-11-28-33)22(35)31-20(16-5-8-24(25,26)9-6-16)23(36)30-18-12-29-32(14-18)13-17-4-3-10-27-21(17)34/h3-4,7,10-12,14-16,20H,5-6,8-9,13H2,1-2H3,(H,27,34)(H,30,36)(H,31,35). The van der Waals surface area contributed by atoms with Gasteiger partial charge in [0.2, 0.25) is 11.8 Å². The first-order valence-corrected chi connectivity index (χ1v) is 11.8. The summed E-state index contributed by atoms with van der Waals surface area (Å²) >= 11 is 0. The number of rotatable bonds is 8. The Kier molecular flexibility index (Phi) is 7.32. The fourth-order valence-electron chi connectivity index (χ4n) is 4.40. The van der Waals surface area contributed by atoms with Crippen LogP contribution >= 0.6 is 0 Å². The summed E-state index contributed by atoms with van der Waals surface area (Å²) < 4.78 is 30.6. The molecule has 0 radical (unpaired) electrons. The molecule has 0 bridgehead atoms. The quantitative estimate of drug-likeness (QED) is 0.437. The number of hydrogen-bond donors (Lipinski definition) is 3. The van der Waals surface area contributed by atoms with E-state index in [1.165, 1.54) is 28.0 Å². The van der Waals surface area contributed by atoms with E-state index in [2.05, 4.69) is 25.8 Å². The van der Waals surface area contributed by atoms with Crippen molar-refractivity contribution in [1.29, 1.82) is 0 Å². The molecule has 4 rings (SSSR count). The van der Waals surface area contributed by atoms with E-state index >= 15 is 0 Å². The molecule has 10 nitrogen and oxygen atoms in total. The van der Waals surface area contributed by atoms with E-state index in [0.717, 1.165) is 0 Å². The van der Waals surface area contributed by atoms with Gasteiger partial charge in [0, 0.05) is 43.0 Å². The van der Waals surface area contributed by atoms with Crippen molar-refractivity contribution in [3.05, 3.63) is 64.6 Å². The second-order valence-electron chi connectivity index (χ2n) is 9.34. The number of H-pyrrole nitrogens is 1. The molecular formula is C24H29F2N7O3. The van der Waals surface area contributed by atoms with Gasteiger partial charge in [0.05, 0.1) is 18.4 Å². The van der Waals surface area contributed by atoms with E-state index in [4.69, 9.17) is 0 Å². The number of halogens is 2. The highest BCUT2D eigenvalue weighted by Gasteiger charge is 2.40. The van der Waals surface area contributed by atoms with Gasteiger partial charge < -0.3 is 15.6 Å². The van der Waals surface area contributed by atoms with Gasteiger partial charge in [0.25, 0.3) is 11.5 Å². The van der Waals surface area contributed by atoms with E-state index in [1.54, 1.807) is 24.4 Å². The van der Waals surface area contributed by atoms with Gasteiger partial charge >= 0.3 is 0 Å². The smallest absolute Gasteiger partial charge is 0.270 e. The van der Waals surface area contributed by atoms with Crippen LogP contribution in [-0.4, -0.2) is 48.3 Å². The molecule has 3 aromatic rings. The number of carbonyl (C=O) groups excluding carboxylic acids is 2. The van der Waals surface area contributed by atoms with Crippen molar-refractivity contribution in [3.8, 4) is 0 Å². The lowest BCUT2D eigenvalue weighted by molar-refractivity contribution is -0.121. The van der Waals surface area contributed by atoms with E-state index in [9.17, 15) is 23.2 Å². The molecule has 12 heteroatoms. The average Bonchev–Trinajstić information content (AvgIpc) is 3.49. The third kappa shape index (κ3) is 5.86. The Balaban J connectivity index is 1.50. The molecule has 1 atom stereocenters. The van der Waals surface area contributed by atoms with Crippen LogP contribution in [0.25, 0.3) is 0 Å². The number of nitrogens with one attached hydrogen (secondary N) is 3. The summed E-state index contributed by atoms with van der Waals surface area (Å²) in [7, 11) is 0. The molecule has 192 valence electrons. The molecule has 1 unspecified atom stereocenters. The minimum absolute atomic E-state index is 0.0795. The second-order valence-corrected chi connectivity index (χ2v) is 9.34. The molecule has 3 heterocycles. The number of carbonyl (C=O) groups is 2. The number of aromatic nitrogens is 5. The lowest BCUT2D eigenvalue weighted by Gasteiger charge is -2.33. The Bertz CT molecular complexity index is 1270. The maximum atomic E-state index is 13.8. The Morgan fingerprint density at radius 1 is 1.22 bits per heavy atom. The molecule has 1 fully saturated rings. The maximum absolute atomic E-state index is 13.8. The lowest BCUT2D eigenvalue weighted by Crippen LogP contribution is -2.50. The molecular weight excluding hydrogens is 472 g/mol. The van der Waals surface area contributed by atoms with Crippen molar-refractivity contribution in [2.24, 2.45) is 5.92 Å². The predicted octanol–water partition coefficient (Wildman–Crippen LogP) is 2.96. The number of amides is 2. The monoisotopic (exact) mass is 501 g/mol. The lowest BCUT2D eigenvalue weighted by atomic mass is 9.81. The van der Waals surface area contributed by atoms with Gasteiger partial charge in [-0.25, -0.2) is 8.78 Å². The molecule has 1 aliphatic carbocycles. The van der Waals surface area contributed by atoms with Gasteiger partial charge in [-0.1, -0.05) is 6.07 Å². The molecule has 0 saturated heterocycles. The summed E-state index contributed by atoms with van der Waals surface area (Å²) in [5.41, 5.74) is 0.898. The van der Waals surface area contributed by atoms with Crippen LogP contribution in [0.4, 0.5) is 14.5 Å². The van der Waals surface area contributed by atoms with Gasteiger partial charge in [-0.2, -0.15) is 10.2 Å². The Labute approximate surface area is 206 Å². The van der Waals surface area contributed by atoms with Crippen LogP contribution in [0, 0.1) is 5.92 Å². The molecule has 0 spiro atoms. The van der Waals surface area contributed by atoms with Gasteiger partial charge in [-0.15, -0.1) is 0 Å². The van der Waals surface area contributed by atoms with Crippen LogP contribution in [0.1, 0.15) is 61.6 Å². The second kappa shape index (κ2) is 10.4. The molecule has 2 amide bonds. The minimum atomic E-state index is -2.77. The zero-order valence-electron chi connectivity index (χ0n) is 20.1. The minimum Gasteiger partial charge on any atom is -0.339 e. The number of pyridine rings is 1. The van der Waals surface area contributed by atoms with E-state index < -0.39 is 29.7 Å². The zero-order chi connectivity index (χ0) is 25.9. The Morgan fingerprint density at radius 3 is 2.67 bits per heavy atom. The van der Waals surface area contributed by atoms with Gasteiger partial charge in [0.15, 0.2) is 0 Å². The first-order valence-electron chi connectivity index (χ1n) is 11.8. The van der Waals surface area contributed by atoms with Crippen molar-refractivity contribution in [2.45, 2.75) is 64.1 Å². The summed E-state index contributed by atoms with van der Waals surface area (Å²) in [6, 6.07) is 3.82. The van der Waals surface area contributed by atoms with E-state index in [-0.39, 0.29) is 49.5 Å². The molecule has 0 aliphatic heterocycles. The van der Waals surface area contributed by atoms with Crippen LogP contribution in [0.3, 0.4) is 0 Å². The molecule has 1 aliphatic rings. The first-order chi connectivity index (χ1) is 17.1. The van der Waals surface area contributed by atoms with Crippen LogP contribution in [-0.2, 0) is 11.3 Å². The highest BCUT2D eigenvalue weighted by molar-refractivity contribution is 6.00.